The van der Waals surface area contributed by atoms with E-state index in [1.165, 1.54) is 9.21 Å². The molecule has 0 radical (unpaired) electrons. The van der Waals surface area contributed by atoms with Crippen LogP contribution in [0.25, 0.3) is 0 Å². The van der Waals surface area contributed by atoms with Crippen molar-refractivity contribution < 1.29 is 18.3 Å². The first-order chi connectivity index (χ1) is 9.87. The second-order valence-corrected chi connectivity index (χ2v) is 7.66. The van der Waals surface area contributed by atoms with Gasteiger partial charge in [0.1, 0.15) is 0 Å². The zero-order valence-corrected chi connectivity index (χ0v) is 13.4. The van der Waals surface area contributed by atoms with E-state index in [1.807, 2.05) is 12.1 Å². The molecule has 3 rings (SSSR count). The van der Waals surface area contributed by atoms with E-state index in [-0.39, 0.29) is 19.1 Å². The van der Waals surface area contributed by atoms with Crippen molar-refractivity contribution in [2.24, 2.45) is 0 Å². The van der Waals surface area contributed by atoms with Crippen molar-refractivity contribution in [3.63, 3.8) is 0 Å². The lowest BCUT2D eigenvalue weighted by atomic mass is 10.1. The van der Waals surface area contributed by atoms with Gasteiger partial charge in [0.2, 0.25) is 0 Å². The molecule has 0 aromatic heterocycles. The summed E-state index contributed by atoms with van der Waals surface area (Å²) in [7, 11) is -3.64. The summed E-state index contributed by atoms with van der Waals surface area (Å²) < 4.78 is 29.4. The maximum Gasteiger partial charge on any atom is 0.407 e. The summed E-state index contributed by atoms with van der Waals surface area (Å²) >= 11 is 3.31. The zero-order chi connectivity index (χ0) is 15.2. The minimum atomic E-state index is -3.64. The van der Waals surface area contributed by atoms with Gasteiger partial charge in [-0.2, -0.15) is 12.7 Å². The molecule has 1 fully saturated rings. The van der Waals surface area contributed by atoms with Gasteiger partial charge in [-0.3, -0.25) is 4.72 Å². The third kappa shape index (κ3) is 2.72. The van der Waals surface area contributed by atoms with Crippen LogP contribution in [0.2, 0.25) is 0 Å². The number of likely N-dealkylation sites (tertiary alicyclic amines) is 1. The van der Waals surface area contributed by atoms with Gasteiger partial charge in [-0.25, -0.2) is 4.79 Å². The van der Waals surface area contributed by atoms with Crippen LogP contribution in [0, 0.1) is 0 Å². The molecule has 0 unspecified atom stereocenters. The smallest absolute Gasteiger partial charge is 0.407 e. The third-order valence-electron chi connectivity index (χ3n) is 3.79. The maximum atomic E-state index is 12.4. The van der Waals surface area contributed by atoms with Crippen LogP contribution in [0.4, 0.5) is 10.5 Å². The summed E-state index contributed by atoms with van der Waals surface area (Å²) in [4.78, 5) is 12.2. The van der Waals surface area contributed by atoms with Gasteiger partial charge in [-0.15, -0.1) is 0 Å². The average Bonchev–Trinajstić information content (AvgIpc) is 2.86. The molecule has 0 saturated carbocycles. The molecular formula is C12H14BrN3O4S. The first kappa shape index (κ1) is 14.6. The molecule has 114 valence electrons. The van der Waals surface area contributed by atoms with E-state index in [0.29, 0.717) is 18.7 Å². The van der Waals surface area contributed by atoms with Gasteiger partial charge >= 0.3 is 16.3 Å². The van der Waals surface area contributed by atoms with Gasteiger partial charge in [-0.1, -0.05) is 22.0 Å². The molecule has 2 N–H and O–H groups in total. The number of carbonyl (C=O) groups is 1. The summed E-state index contributed by atoms with van der Waals surface area (Å²) in [6.07, 6.45) is -0.497. The molecule has 9 heteroatoms. The van der Waals surface area contributed by atoms with Gasteiger partial charge in [0.15, 0.2) is 0 Å². The number of anilines is 1. The SMILES string of the molecule is O=C(O)N1CC[C@@H](N2Cc3ccc(Br)cc3NS2(=O)=O)C1. The van der Waals surface area contributed by atoms with E-state index in [9.17, 15) is 13.2 Å². The number of amides is 1. The maximum absolute atomic E-state index is 12.4. The number of fused-ring (bicyclic) bond motifs is 1. The molecule has 7 nitrogen and oxygen atoms in total. The van der Waals surface area contributed by atoms with Gasteiger partial charge in [-0.05, 0) is 24.1 Å². The van der Waals surface area contributed by atoms with Crippen molar-refractivity contribution in [3.8, 4) is 0 Å². The molecule has 1 aromatic rings. The number of benzene rings is 1. The molecule has 2 aliphatic heterocycles. The standard InChI is InChI=1S/C12H14BrN3O4S/c13-9-2-1-8-6-16(21(19,20)14-11(8)5-9)10-3-4-15(7-10)12(17)18/h1-2,5,10,14H,3-4,6-7H2,(H,17,18)/t10-/m1/s1. The summed E-state index contributed by atoms with van der Waals surface area (Å²) in [6.45, 7) is 0.831. The summed E-state index contributed by atoms with van der Waals surface area (Å²) in [5.41, 5.74) is 1.44. The number of nitrogens with zero attached hydrogens (tertiary/aromatic N) is 2. The number of hydrogen-bond donors (Lipinski definition) is 2. The Morgan fingerprint density at radius 1 is 1.43 bits per heavy atom. The third-order valence-corrected chi connectivity index (χ3v) is 5.80. The molecule has 2 aliphatic rings. The lowest BCUT2D eigenvalue weighted by Gasteiger charge is -2.33. The number of halogens is 1. The highest BCUT2D eigenvalue weighted by Crippen LogP contribution is 2.32. The van der Waals surface area contributed by atoms with Gasteiger partial charge < -0.3 is 10.0 Å². The Hall–Kier alpha value is -1.32. The minimum Gasteiger partial charge on any atom is -0.465 e. The molecule has 21 heavy (non-hydrogen) atoms. The van der Waals surface area contributed by atoms with E-state index in [2.05, 4.69) is 20.7 Å². The lowest BCUT2D eigenvalue weighted by molar-refractivity contribution is 0.152. The highest BCUT2D eigenvalue weighted by atomic mass is 79.9. The molecule has 0 bridgehead atoms. The van der Waals surface area contributed by atoms with Crippen LogP contribution >= 0.6 is 15.9 Å². The van der Waals surface area contributed by atoms with Crippen LogP contribution in [0.5, 0.6) is 0 Å². The Bertz CT molecular complexity index is 694. The fourth-order valence-corrected chi connectivity index (χ4v) is 4.53. The molecule has 1 amide bonds. The Labute approximate surface area is 130 Å². The van der Waals surface area contributed by atoms with Crippen molar-refractivity contribution in [2.45, 2.75) is 19.0 Å². The summed E-state index contributed by atoms with van der Waals surface area (Å²) in [5.74, 6) is 0. The number of carboxylic acid groups (broad SMARTS) is 1. The fraction of sp³-hybridized carbons (Fsp3) is 0.417. The topological polar surface area (TPSA) is 89.9 Å². The van der Waals surface area contributed by atoms with Crippen LogP contribution in [0.3, 0.4) is 0 Å². The van der Waals surface area contributed by atoms with Crippen LogP contribution < -0.4 is 4.72 Å². The predicted molar refractivity (Wildman–Crippen MR) is 80.2 cm³/mol. The van der Waals surface area contributed by atoms with Crippen molar-refractivity contribution >= 4 is 37.9 Å². The van der Waals surface area contributed by atoms with Crippen molar-refractivity contribution in [2.75, 3.05) is 17.8 Å². The monoisotopic (exact) mass is 375 g/mol. The Morgan fingerprint density at radius 2 is 2.19 bits per heavy atom. The summed E-state index contributed by atoms with van der Waals surface area (Å²) in [5, 5.41) is 8.98. The second kappa shape index (κ2) is 5.15. The first-order valence-corrected chi connectivity index (χ1v) is 8.66. The Morgan fingerprint density at radius 3 is 2.86 bits per heavy atom. The normalized spacial score (nSPS) is 24.4. The average molecular weight is 376 g/mol. The van der Waals surface area contributed by atoms with E-state index >= 15 is 0 Å². The predicted octanol–water partition coefficient (Wildman–Crippen LogP) is 1.67. The van der Waals surface area contributed by atoms with Gasteiger partial charge in [0, 0.05) is 30.1 Å². The number of rotatable bonds is 1. The summed E-state index contributed by atoms with van der Waals surface area (Å²) in [6, 6.07) is 5.12. The molecule has 2 heterocycles. The van der Waals surface area contributed by atoms with Crippen LogP contribution in [0.15, 0.2) is 22.7 Å². The quantitative estimate of drug-likeness (QED) is 0.780. The van der Waals surface area contributed by atoms with Crippen molar-refractivity contribution in [1.82, 2.24) is 9.21 Å². The minimum absolute atomic E-state index is 0.210. The highest BCUT2D eigenvalue weighted by Gasteiger charge is 2.39. The first-order valence-electron chi connectivity index (χ1n) is 6.43. The van der Waals surface area contributed by atoms with Gasteiger partial charge in [0.25, 0.3) is 0 Å². The molecular weight excluding hydrogens is 362 g/mol. The van der Waals surface area contributed by atoms with E-state index in [1.54, 1.807) is 6.07 Å². The number of nitrogens with one attached hydrogen (secondary N) is 1. The van der Waals surface area contributed by atoms with Crippen molar-refractivity contribution in [3.05, 3.63) is 28.2 Å². The van der Waals surface area contributed by atoms with E-state index in [4.69, 9.17) is 5.11 Å². The largest absolute Gasteiger partial charge is 0.465 e. The Kier molecular flexibility index (Phi) is 3.58. The number of hydrogen-bond acceptors (Lipinski definition) is 3. The van der Waals surface area contributed by atoms with E-state index in [0.717, 1.165) is 10.0 Å². The molecule has 1 saturated heterocycles. The molecule has 1 atom stereocenters. The van der Waals surface area contributed by atoms with Crippen molar-refractivity contribution in [1.29, 1.82) is 0 Å². The fourth-order valence-electron chi connectivity index (χ4n) is 2.71. The zero-order valence-electron chi connectivity index (χ0n) is 11.0. The Balaban J connectivity index is 1.87. The van der Waals surface area contributed by atoms with Crippen LogP contribution in [0.1, 0.15) is 12.0 Å². The van der Waals surface area contributed by atoms with Crippen LogP contribution in [-0.2, 0) is 16.8 Å². The molecule has 0 spiro atoms. The van der Waals surface area contributed by atoms with E-state index < -0.39 is 16.3 Å². The second-order valence-electron chi connectivity index (χ2n) is 5.12. The van der Waals surface area contributed by atoms with Gasteiger partial charge in [0.05, 0.1) is 5.69 Å². The lowest BCUT2D eigenvalue weighted by Crippen LogP contribution is -2.47. The van der Waals surface area contributed by atoms with Crippen LogP contribution in [-0.4, -0.2) is 48.0 Å². The highest BCUT2D eigenvalue weighted by molar-refractivity contribution is 9.10. The molecule has 1 aromatic carbocycles. The molecule has 0 aliphatic carbocycles.